The largest absolute Gasteiger partial charge is 0.370 e. The second-order valence-corrected chi connectivity index (χ2v) is 7.29. The number of amides is 3. The van der Waals surface area contributed by atoms with Crippen LogP contribution in [0.5, 0.6) is 0 Å². The molecule has 0 bridgehead atoms. The fraction of sp³-hybridized carbons (Fsp3) is 0.182. The number of nitrogens with two attached hydrogens (primary N) is 1. The summed E-state index contributed by atoms with van der Waals surface area (Å²) in [5, 5.41) is 10.4. The number of primary amides is 1. The Morgan fingerprint density at radius 1 is 1.03 bits per heavy atom. The molecule has 1 heterocycles. The van der Waals surface area contributed by atoms with Gasteiger partial charge in [-0.2, -0.15) is 5.10 Å². The highest BCUT2D eigenvalue weighted by Gasteiger charge is 2.15. The van der Waals surface area contributed by atoms with Crippen molar-refractivity contribution in [1.29, 1.82) is 0 Å². The number of hydrogen-bond donors (Lipinski definition) is 3. The average molecular weight is 440 g/mol. The fourth-order valence-corrected chi connectivity index (χ4v) is 3.13. The summed E-state index contributed by atoms with van der Waals surface area (Å²) in [5.74, 6) is -1.28. The molecule has 3 rings (SSSR count). The Labute approximate surface area is 184 Å². The summed E-state index contributed by atoms with van der Waals surface area (Å²) in [7, 11) is 0. The van der Waals surface area contributed by atoms with Gasteiger partial charge < -0.3 is 16.4 Å². The molecule has 0 fully saturated rings. The van der Waals surface area contributed by atoms with Gasteiger partial charge >= 0.3 is 0 Å². The van der Waals surface area contributed by atoms with Gasteiger partial charge in [0.2, 0.25) is 5.91 Å². The number of anilines is 1. The standard InChI is InChI=1S/C22H22ClN5O3/c1-13-20(23)14(2)28(27-13)16-9-7-15(8-10-16)21(30)26-18-6-4-3-5-17(18)22(31)25-12-11-19(24)29/h3-10H,11-12H2,1-2H3,(H2,24,29)(H,25,31)(H,26,30). The Morgan fingerprint density at radius 3 is 2.32 bits per heavy atom. The van der Waals surface area contributed by atoms with Crippen LogP contribution in [0.1, 0.15) is 38.5 Å². The van der Waals surface area contributed by atoms with E-state index in [4.69, 9.17) is 17.3 Å². The lowest BCUT2D eigenvalue weighted by molar-refractivity contribution is -0.117. The predicted octanol–water partition coefficient (Wildman–Crippen LogP) is 3.00. The van der Waals surface area contributed by atoms with E-state index in [0.29, 0.717) is 16.3 Å². The average Bonchev–Trinajstić information content (AvgIpc) is 3.01. The van der Waals surface area contributed by atoms with Gasteiger partial charge in [0, 0.05) is 18.5 Å². The first-order valence-corrected chi connectivity index (χ1v) is 9.94. The van der Waals surface area contributed by atoms with Crippen molar-refractivity contribution in [2.45, 2.75) is 20.3 Å². The third-order valence-electron chi connectivity index (χ3n) is 4.65. The monoisotopic (exact) mass is 439 g/mol. The van der Waals surface area contributed by atoms with Gasteiger partial charge in [0.1, 0.15) is 0 Å². The Kier molecular flexibility index (Phi) is 6.71. The minimum Gasteiger partial charge on any atom is -0.370 e. The van der Waals surface area contributed by atoms with Crippen molar-refractivity contribution in [1.82, 2.24) is 15.1 Å². The van der Waals surface area contributed by atoms with E-state index >= 15 is 0 Å². The van der Waals surface area contributed by atoms with Crippen LogP contribution in [0.3, 0.4) is 0 Å². The maximum absolute atomic E-state index is 12.7. The lowest BCUT2D eigenvalue weighted by atomic mass is 10.1. The van der Waals surface area contributed by atoms with Gasteiger partial charge in [-0.25, -0.2) is 4.68 Å². The molecule has 31 heavy (non-hydrogen) atoms. The topological polar surface area (TPSA) is 119 Å². The molecule has 0 atom stereocenters. The minimum atomic E-state index is -0.506. The Morgan fingerprint density at radius 2 is 1.71 bits per heavy atom. The van der Waals surface area contributed by atoms with Gasteiger partial charge in [-0.05, 0) is 50.2 Å². The van der Waals surface area contributed by atoms with Gasteiger partial charge in [-0.3, -0.25) is 14.4 Å². The third-order valence-corrected chi connectivity index (χ3v) is 5.20. The summed E-state index contributed by atoms with van der Waals surface area (Å²) < 4.78 is 1.71. The molecule has 0 spiro atoms. The van der Waals surface area contributed by atoms with E-state index in [9.17, 15) is 14.4 Å². The van der Waals surface area contributed by atoms with E-state index in [0.717, 1.165) is 17.1 Å². The zero-order valence-electron chi connectivity index (χ0n) is 17.1. The number of nitrogens with zero attached hydrogens (tertiary/aromatic N) is 2. The van der Waals surface area contributed by atoms with Gasteiger partial charge in [-0.15, -0.1) is 0 Å². The summed E-state index contributed by atoms with van der Waals surface area (Å²) in [6.45, 7) is 3.82. The molecule has 0 unspecified atom stereocenters. The number of halogens is 1. The van der Waals surface area contributed by atoms with Crippen LogP contribution in [-0.2, 0) is 4.79 Å². The first-order chi connectivity index (χ1) is 14.8. The van der Waals surface area contributed by atoms with E-state index in [-0.39, 0.29) is 24.4 Å². The maximum atomic E-state index is 12.7. The Bertz CT molecular complexity index is 1140. The fourth-order valence-electron chi connectivity index (χ4n) is 3.01. The zero-order chi connectivity index (χ0) is 22.5. The van der Waals surface area contributed by atoms with Crippen LogP contribution in [0.25, 0.3) is 5.69 Å². The minimum absolute atomic E-state index is 0.0348. The predicted molar refractivity (Wildman–Crippen MR) is 119 cm³/mol. The highest BCUT2D eigenvalue weighted by Crippen LogP contribution is 2.23. The molecular weight excluding hydrogens is 418 g/mol. The normalized spacial score (nSPS) is 10.5. The van der Waals surface area contributed by atoms with Crippen molar-refractivity contribution in [2.75, 3.05) is 11.9 Å². The lowest BCUT2D eigenvalue weighted by Crippen LogP contribution is -2.28. The number of carbonyl (C=O) groups excluding carboxylic acids is 3. The molecule has 0 saturated heterocycles. The first kappa shape index (κ1) is 22.0. The number of carbonyl (C=O) groups is 3. The molecule has 0 aliphatic heterocycles. The van der Waals surface area contributed by atoms with Gasteiger partial charge in [0.05, 0.1) is 33.3 Å². The third kappa shape index (κ3) is 5.10. The SMILES string of the molecule is Cc1nn(-c2ccc(C(=O)Nc3ccccc3C(=O)NCCC(N)=O)cc2)c(C)c1Cl. The molecule has 0 saturated carbocycles. The highest BCUT2D eigenvalue weighted by molar-refractivity contribution is 6.31. The van der Waals surface area contributed by atoms with Gasteiger partial charge in [0.25, 0.3) is 11.8 Å². The summed E-state index contributed by atoms with van der Waals surface area (Å²) >= 11 is 6.20. The maximum Gasteiger partial charge on any atom is 0.255 e. The van der Waals surface area contributed by atoms with Crippen LogP contribution in [0.2, 0.25) is 5.02 Å². The number of para-hydroxylation sites is 1. The van der Waals surface area contributed by atoms with E-state index in [1.54, 1.807) is 53.2 Å². The number of hydrogen-bond acceptors (Lipinski definition) is 4. The van der Waals surface area contributed by atoms with Crippen molar-refractivity contribution >= 4 is 35.0 Å². The molecule has 4 N–H and O–H groups in total. The lowest BCUT2D eigenvalue weighted by Gasteiger charge is -2.12. The molecule has 0 radical (unpaired) electrons. The molecule has 3 amide bonds. The Balaban J connectivity index is 1.74. The molecular formula is C22H22ClN5O3. The molecule has 160 valence electrons. The van der Waals surface area contributed by atoms with Crippen LogP contribution in [0.4, 0.5) is 5.69 Å². The van der Waals surface area contributed by atoms with Crippen molar-refractivity contribution in [3.05, 3.63) is 76.1 Å². The molecule has 3 aromatic rings. The molecule has 9 heteroatoms. The van der Waals surface area contributed by atoms with Crippen LogP contribution in [0, 0.1) is 13.8 Å². The van der Waals surface area contributed by atoms with E-state index in [1.165, 1.54) is 0 Å². The molecule has 0 aliphatic carbocycles. The second-order valence-electron chi connectivity index (χ2n) is 6.92. The molecule has 1 aromatic heterocycles. The summed E-state index contributed by atoms with van der Waals surface area (Å²) in [4.78, 5) is 36.0. The number of nitrogens with one attached hydrogen (secondary N) is 2. The number of aromatic nitrogens is 2. The summed E-state index contributed by atoms with van der Waals surface area (Å²) in [6, 6.07) is 13.5. The van der Waals surface area contributed by atoms with E-state index in [1.807, 2.05) is 13.8 Å². The quantitative estimate of drug-likeness (QED) is 0.524. The van der Waals surface area contributed by atoms with Crippen LogP contribution in [-0.4, -0.2) is 34.0 Å². The van der Waals surface area contributed by atoms with Crippen molar-refractivity contribution < 1.29 is 14.4 Å². The highest BCUT2D eigenvalue weighted by atomic mass is 35.5. The van der Waals surface area contributed by atoms with Gasteiger partial charge in [0.15, 0.2) is 0 Å². The van der Waals surface area contributed by atoms with E-state index in [2.05, 4.69) is 15.7 Å². The van der Waals surface area contributed by atoms with Crippen molar-refractivity contribution in [3.8, 4) is 5.69 Å². The van der Waals surface area contributed by atoms with Crippen molar-refractivity contribution in [3.63, 3.8) is 0 Å². The molecule has 8 nitrogen and oxygen atoms in total. The second kappa shape index (κ2) is 9.44. The van der Waals surface area contributed by atoms with Crippen LogP contribution < -0.4 is 16.4 Å². The van der Waals surface area contributed by atoms with Crippen LogP contribution >= 0.6 is 11.6 Å². The first-order valence-electron chi connectivity index (χ1n) is 9.57. The number of rotatable bonds is 7. The smallest absolute Gasteiger partial charge is 0.255 e. The van der Waals surface area contributed by atoms with Crippen LogP contribution in [0.15, 0.2) is 48.5 Å². The van der Waals surface area contributed by atoms with Gasteiger partial charge in [-0.1, -0.05) is 23.7 Å². The Hall–Kier alpha value is -3.65. The number of benzene rings is 2. The van der Waals surface area contributed by atoms with E-state index < -0.39 is 11.8 Å². The summed E-state index contributed by atoms with van der Waals surface area (Å²) in [5.41, 5.74) is 8.46. The summed E-state index contributed by atoms with van der Waals surface area (Å²) in [6.07, 6.45) is 0.0348. The van der Waals surface area contributed by atoms with Crippen molar-refractivity contribution in [2.24, 2.45) is 5.73 Å². The zero-order valence-corrected chi connectivity index (χ0v) is 17.9. The molecule has 0 aliphatic rings. The number of aryl methyl sites for hydroxylation is 1. The molecule has 2 aromatic carbocycles.